The van der Waals surface area contributed by atoms with Crippen molar-refractivity contribution in [3.8, 4) is 11.4 Å². The van der Waals surface area contributed by atoms with Gasteiger partial charge in [-0.1, -0.05) is 133 Å². The SMILES string of the molecule is C=c1/c(=C\C=C\N(c2ccc(C)cc2)c2ccc(C3=CC=C(N(c4ccc(C)cc4)c4ccc5c(c4)c4ccccc4n5-c4ccccc4)CC3)cc2)n(-c2ccccc2)c2ccccc12. The maximum Gasteiger partial charge on any atom is 0.0542 e. The maximum atomic E-state index is 4.54. The van der Waals surface area contributed by atoms with Gasteiger partial charge in [-0.25, -0.2) is 0 Å². The summed E-state index contributed by atoms with van der Waals surface area (Å²) in [6.07, 6.45) is 13.0. The molecule has 66 heavy (non-hydrogen) atoms. The van der Waals surface area contributed by atoms with Gasteiger partial charge < -0.3 is 18.9 Å². The summed E-state index contributed by atoms with van der Waals surface area (Å²) in [4.78, 5) is 4.71. The summed E-state index contributed by atoms with van der Waals surface area (Å²) >= 11 is 0. The maximum absolute atomic E-state index is 4.54. The first-order valence-electron chi connectivity index (χ1n) is 22.8. The fraction of sp³-hybridized carbons (Fsp3) is 0.0645. The average molecular weight is 851 g/mol. The van der Waals surface area contributed by atoms with Crippen LogP contribution in [0.2, 0.25) is 0 Å². The molecule has 0 bridgehead atoms. The second-order valence-electron chi connectivity index (χ2n) is 17.2. The molecule has 0 atom stereocenters. The van der Waals surface area contributed by atoms with Crippen molar-refractivity contribution in [2.75, 3.05) is 9.80 Å². The molecule has 10 aromatic rings. The van der Waals surface area contributed by atoms with Gasteiger partial charge in [-0.3, -0.25) is 0 Å². The molecule has 0 saturated carbocycles. The van der Waals surface area contributed by atoms with E-state index in [-0.39, 0.29) is 0 Å². The van der Waals surface area contributed by atoms with E-state index in [1.54, 1.807) is 0 Å². The van der Waals surface area contributed by atoms with Crippen LogP contribution in [-0.4, -0.2) is 9.13 Å². The highest BCUT2D eigenvalue weighted by Crippen LogP contribution is 2.40. The van der Waals surface area contributed by atoms with E-state index in [9.17, 15) is 0 Å². The zero-order valence-electron chi connectivity index (χ0n) is 37.3. The van der Waals surface area contributed by atoms with E-state index >= 15 is 0 Å². The van der Waals surface area contributed by atoms with Crippen LogP contribution < -0.4 is 20.4 Å². The molecular weight excluding hydrogens is 801 g/mol. The molecular formula is C62H50N4. The summed E-state index contributed by atoms with van der Waals surface area (Å²) in [6.45, 7) is 8.82. The molecule has 0 radical (unpaired) electrons. The van der Waals surface area contributed by atoms with E-state index < -0.39 is 0 Å². The lowest BCUT2D eigenvalue weighted by Crippen LogP contribution is -2.27. The molecule has 4 nitrogen and oxygen atoms in total. The number of para-hydroxylation sites is 4. The summed E-state index contributed by atoms with van der Waals surface area (Å²) in [6, 6.07) is 72.1. The second kappa shape index (κ2) is 17.3. The predicted molar refractivity (Wildman–Crippen MR) is 281 cm³/mol. The smallest absolute Gasteiger partial charge is 0.0542 e. The number of anilines is 4. The third kappa shape index (κ3) is 7.52. The van der Waals surface area contributed by atoms with E-state index in [4.69, 9.17) is 0 Å². The molecule has 8 aromatic carbocycles. The normalized spacial score (nSPS) is 13.2. The average Bonchev–Trinajstić information content (AvgIpc) is 3.85. The van der Waals surface area contributed by atoms with Gasteiger partial charge in [0.1, 0.15) is 0 Å². The van der Waals surface area contributed by atoms with Gasteiger partial charge in [0.05, 0.1) is 21.9 Å². The quantitative estimate of drug-likeness (QED) is 0.136. The molecule has 0 N–H and O–H groups in total. The molecule has 2 heterocycles. The summed E-state index contributed by atoms with van der Waals surface area (Å²) in [5.41, 5.74) is 16.7. The highest BCUT2D eigenvalue weighted by Gasteiger charge is 2.21. The van der Waals surface area contributed by atoms with Crippen LogP contribution in [-0.2, 0) is 0 Å². The fourth-order valence-electron chi connectivity index (χ4n) is 9.62. The lowest BCUT2D eigenvalue weighted by molar-refractivity contribution is 0.930. The standard InChI is InChI=1S/C62H50N4/c1-44-24-32-49(33-25-44)63(42-14-23-59-46(3)56-19-10-12-21-60(56)65(59)51-15-6-4-7-16-51)50-36-28-47(29-37-50)48-30-38-54(39-31-48)64(53-34-26-45(2)27-35-53)55-40-41-62-58(43-55)57-20-11-13-22-61(57)66(62)52-17-8-5-9-18-52/h4-30,32-38,40-43H,3,31,39H2,1-2H3/b42-14+,59-23+. The van der Waals surface area contributed by atoms with Crippen molar-refractivity contribution in [2.24, 2.45) is 0 Å². The number of benzene rings is 8. The Balaban J connectivity index is 0.930. The van der Waals surface area contributed by atoms with Gasteiger partial charge >= 0.3 is 0 Å². The fourth-order valence-corrected chi connectivity index (χ4v) is 9.62. The van der Waals surface area contributed by atoms with Crippen molar-refractivity contribution < 1.29 is 0 Å². The number of rotatable bonds is 10. The monoisotopic (exact) mass is 850 g/mol. The number of hydrogen-bond donors (Lipinski definition) is 0. The molecule has 0 spiro atoms. The van der Waals surface area contributed by atoms with Crippen molar-refractivity contribution >= 4 is 73.7 Å². The Morgan fingerprint density at radius 2 is 1.00 bits per heavy atom. The van der Waals surface area contributed by atoms with Gasteiger partial charge in [-0.05, 0) is 147 Å². The number of nitrogens with zero attached hydrogens (tertiary/aromatic N) is 4. The van der Waals surface area contributed by atoms with E-state index in [1.165, 1.54) is 49.8 Å². The Hall–Kier alpha value is -8.34. The molecule has 0 aliphatic heterocycles. The third-order valence-electron chi connectivity index (χ3n) is 13.0. The molecule has 1 aliphatic rings. The molecule has 1 aliphatic carbocycles. The molecule has 2 aromatic heterocycles. The van der Waals surface area contributed by atoms with Crippen LogP contribution in [0.3, 0.4) is 0 Å². The van der Waals surface area contributed by atoms with Crippen LogP contribution in [0.25, 0.3) is 62.3 Å². The van der Waals surface area contributed by atoms with Crippen molar-refractivity contribution in [3.05, 3.63) is 258 Å². The van der Waals surface area contributed by atoms with Crippen molar-refractivity contribution in [1.29, 1.82) is 0 Å². The molecule has 0 saturated heterocycles. The zero-order valence-corrected chi connectivity index (χ0v) is 37.3. The molecule has 11 rings (SSSR count). The Kier molecular flexibility index (Phi) is 10.6. The number of fused-ring (bicyclic) bond motifs is 4. The Morgan fingerprint density at radius 3 is 1.64 bits per heavy atom. The minimum atomic E-state index is 0.910. The van der Waals surface area contributed by atoms with Crippen LogP contribution in [0.5, 0.6) is 0 Å². The number of hydrogen-bond acceptors (Lipinski definition) is 2. The number of aryl methyl sites for hydroxylation is 2. The van der Waals surface area contributed by atoms with E-state index in [2.05, 4.69) is 270 Å². The van der Waals surface area contributed by atoms with Gasteiger partial charge in [0.25, 0.3) is 0 Å². The van der Waals surface area contributed by atoms with Crippen LogP contribution in [0.15, 0.2) is 230 Å². The lowest BCUT2D eigenvalue weighted by atomic mass is 9.94. The highest BCUT2D eigenvalue weighted by atomic mass is 15.2. The predicted octanol–water partition coefficient (Wildman–Crippen LogP) is 14.8. The van der Waals surface area contributed by atoms with E-state index in [0.717, 1.165) is 68.4 Å². The molecule has 0 unspecified atom stereocenters. The molecule has 4 heteroatoms. The van der Waals surface area contributed by atoms with E-state index in [0.29, 0.717) is 0 Å². The van der Waals surface area contributed by atoms with Gasteiger partial charge in [0.2, 0.25) is 0 Å². The largest absolute Gasteiger partial charge is 0.317 e. The van der Waals surface area contributed by atoms with Gasteiger partial charge in [-0.2, -0.15) is 0 Å². The summed E-state index contributed by atoms with van der Waals surface area (Å²) in [5, 5.41) is 5.72. The van der Waals surface area contributed by atoms with Crippen LogP contribution in [0.4, 0.5) is 22.7 Å². The summed E-state index contributed by atoms with van der Waals surface area (Å²) in [5.74, 6) is 0. The van der Waals surface area contributed by atoms with Crippen molar-refractivity contribution in [3.63, 3.8) is 0 Å². The molecule has 318 valence electrons. The first kappa shape index (κ1) is 40.4. The molecule has 0 fully saturated rings. The first-order valence-corrected chi connectivity index (χ1v) is 22.8. The summed E-state index contributed by atoms with van der Waals surface area (Å²) in [7, 11) is 0. The van der Waals surface area contributed by atoms with Crippen molar-refractivity contribution in [1.82, 2.24) is 9.13 Å². The molecule has 0 amide bonds. The number of allylic oxidation sites excluding steroid dienone is 5. The summed E-state index contributed by atoms with van der Waals surface area (Å²) < 4.78 is 4.68. The van der Waals surface area contributed by atoms with Gasteiger partial charge in [0.15, 0.2) is 0 Å². The number of aromatic nitrogens is 2. The highest BCUT2D eigenvalue weighted by molar-refractivity contribution is 6.10. The van der Waals surface area contributed by atoms with Crippen LogP contribution in [0, 0.1) is 13.8 Å². The lowest BCUT2D eigenvalue weighted by Gasteiger charge is -2.30. The van der Waals surface area contributed by atoms with Gasteiger partial charge in [0, 0.05) is 67.4 Å². The third-order valence-corrected chi connectivity index (χ3v) is 13.0. The second-order valence-corrected chi connectivity index (χ2v) is 17.2. The first-order chi connectivity index (χ1) is 32.5. The zero-order chi connectivity index (χ0) is 44.6. The Labute approximate surface area is 386 Å². The topological polar surface area (TPSA) is 16.3 Å². The minimum absolute atomic E-state index is 0.910. The Bertz CT molecular complexity index is 3590. The van der Waals surface area contributed by atoms with Crippen LogP contribution in [0.1, 0.15) is 29.5 Å². The van der Waals surface area contributed by atoms with E-state index in [1.807, 2.05) is 0 Å². The van der Waals surface area contributed by atoms with Crippen molar-refractivity contribution in [2.45, 2.75) is 26.7 Å². The Morgan fingerprint density at radius 1 is 0.470 bits per heavy atom. The van der Waals surface area contributed by atoms with Crippen LogP contribution >= 0.6 is 0 Å². The van der Waals surface area contributed by atoms with Gasteiger partial charge in [-0.15, -0.1) is 0 Å². The minimum Gasteiger partial charge on any atom is -0.317 e.